The van der Waals surface area contributed by atoms with Gasteiger partial charge in [-0.25, -0.2) is 0 Å². The summed E-state index contributed by atoms with van der Waals surface area (Å²) in [6.45, 7) is 4.70. The topological polar surface area (TPSA) is 41.6 Å². The first-order valence-corrected chi connectivity index (χ1v) is 2.85. The van der Waals surface area contributed by atoms with Crippen molar-refractivity contribution >= 4 is 5.91 Å². The van der Waals surface area contributed by atoms with Crippen LogP contribution in [0.1, 0.15) is 0 Å². The van der Waals surface area contributed by atoms with Crippen molar-refractivity contribution in [1.82, 2.24) is 5.32 Å². The zero-order valence-electron chi connectivity index (χ0n) is 5.09. The molecule has 1 atom stereocenters. The van der Waals surface area contributed by atoms with E-state index in [-0.39, 0.29) is 12.0 Å². The van der Waals surface area contributed by atoms with Crippen LogP contribution in [0.15, 0.2) is 12.7 Å². The fraction of sp³-hybridized carbons (Fsp3) is 0.500. The van der Waals surface area contributed by atoms with Gasteiger partial charge in [0, 0.05) is 6.54 Å². The lowest BCUT2D eigenvalue weighted by atomic mass is 10.4. The fourth-order valence-corrected chi connectivity index (χ4v) is 0.472. The number of hydrogen-bond donors (Lipinski definition) is 1. The van der Waals surface area contributed by atoms with E-state index in [1.54, 1.807) is 0 Å². The maximum atomic E-state index is 10.5. The zero-order valence-corrected chi connectivity index (χ0v) is 5.09. The molecule has 1 aliphatic rings. The quantitative estimate of drug-likeness (QED) is 0.417. The van der Waals surface area contributed by atoms with E-state index in [1.807, 2.05) is 0 Å². The molecule has 0 aromatic carbocycles. The largest absolute Gasteiger partial charge is 0.371 e. The molecule has 3 nitrogen and oxygen atoms in total. The Morgan fingerprint density at radius 2 is 2.67 bits per heavy atom. The summed E-state index contributed by atoms with van der Waals surface area (Å²) in [6, 6.07) is 0. The Hall–Kier alpha value is -0.830. The average Bonchev–Trinajstić information content (AvgIpc) is 2.65. The van der Waals surface area contributed by atoms with Crippen LogP contribution >= 0.6 is 0 Å². The highest BCUT2D eigenvalue weighted by Gasteiger charge is 2.21. The highest BCUT2D eigenvalue weighted by atomic mass is 16.6. The van der Waals surface area contributed by atoms with E-state index in [0.29, 0.717) is 6.54 Å². The van der Waals surface area contributed by atoms with Crippen LogP contribution in [0.25, 0.3) is 0 Å². The number of ether oxygens (including phenoxy) is 1. The van der Waals surface area contributed by atoms with Gasteiger partial charge in [0.05, 0.1) is 12.7 Å². The zero-order chi connectivity index (χ0) is 6.69. The Bertz CT molecular complexity index is 129. The highest BCUT2D eigenvalue weighted by molar-refractivity contribution is 5.86. The van der Waals surface area contributed by atoms with Crippen molar-refractivity contribution in [3.63, 3.8) is 0 Å². The number of epoxide rings is 1. The van der Waals surface area contributed by atoms with Gasteiger partial charge in [-0.15, -0.1) is 0 Å². The van der Waals surface area contributed by atoms with Gasteiger partial charge in [-0.05, 0) is 6.08 Å². The molecule has 3 heteroatoms. The van der Waals surface area contributed by atoms with Crippen molar-refractivity contribution in [3.8, 4) is 0 Å². The minimum absolute atomic E-state index is 0.134. The molecule has 1 saturated heterocycles. The standard InChI is InChI=1S/C6H9NO2/c1-2-6(8)7-3-5-4-9-5/h2,5H,1,3-4H2,(H,7,8). The Morgan fingerprint density at radius 1 is 2.00 bits per heavy atom. The van der Waals surface area contributed by atoms with E-state index in [0.717, 1.165) is 6.61 Å². The molecule has 0 spiro atoms. The summed E-state index contributed by atoms with van der Waals surface area (Å²) in [7, 11) is 0. The lowest BCUT2D eigenvalue weighted by Crippen LogP contribution is -2.25. The third-order valence-corrected chi connectivity index (χ3v) is 1.09. The Morgan fingerprint density at radius 3 is 3.11 bits per heavy atom. The van der Waals surface area contributed by atoms with Crippen LogP contribution in [-0.2, 0) is 9.53 Å². The second kappa shape index (κ2) is 2.64. The van der Waals surface area contributed by atoms with Crippen molar-refractivity contribution in [2.75, 3.05) is 13.2 Å². The first-order chi connectivity index (χ1) is 4.33. The number of rotatable bonds is 3. The van der Waals surface area contributed by atoms with Crippen LogP contribution in [0.3, 0.4) is 0 Å². The van der Waals surface area contributed by atoms with Crippen molar-refractivity contribution in [2.24, 2.45) is 0 Å². The predicted octanol–water partition coefficient (Wildman–Crippen LogP) is -0.313. The summed E-state index contributed by atoms with van der Waals surface area (Å²) in [5.74, 6) is -0.134. The molecule has 1 rings (SSSR count). The third kappa shape index (κ3) is 2.28. The maximum absolute atomic E-state index is 10.5. The van der Waals surface area contributed by atoms with Crippen molar-refractivity contribution in [2.45, 2.75) is 6.10 Å². The van der Waals surface area contributed by atoms with Gasteiger partial charge >= 0.3 is 0 Å². The molecule has 0 radical (unpaired) electrons. The molecule has 50 valence electrons. The smallest absolute Gasteiger partial charge is 0.243 e. The van der Waals surface area contributed by atoms with Gasteiger partial charge in [-0.1, -0.05) is 6.58 Å². The number of carbonyl (C=O) groups excluding carboxylic acids is 1. The maximum Gasteiger partial charge on any atom is 0.243 e. The number of amides is 1. The predicted molar refractivity (Wildman–Crippen MR) is 32.9 cm³/mol. The number of nitrogens with one attached hydrogen (secondary N) is 1. The van der Waals surface area contributed by atoms with Crippen LogP contribution < -0.4 is 5.32 Å². The van der Waals surface area contributed by atoms with Crippen LogP contribution in [0.5, 0.6) is 0 Å². The summed E-state index contributed by atoms with van der Waals surface area (Å²) in [4.78, 5) is 10.5. The van der Waals surface area contributed by atoms with Gasteiger partial charge in [-0.3, -0.25) is 4.79 Å². The van der Waals surface area contributed by atoms with Gasteiger partial charge in [0.25, 0.3) is 0 Å². The first kappa shape index (κ1) is 6.29. The summed E-state index contributed by atoms with van der Waals surface area (Å²) in [6.07, 6.45) is 1.51. The van der Waals surface area contributed by atoms with Crippen LogP contribution in [0.2, 0.25) is 0 Å². The Kier molecular flexibility index (Phi) is 1.85. The van der Waals surface area contributed by atoms with Crippen LogP contribution in [0.4, 0.5) is 0 Å². The molecular formula is C6H9NO2. The van der Waals surface area contributed by atoms with Crippen molar-refractivity contribution in [1.29, 1.82) is 0 Å². The summed E-state index contributed by atoms with van der Waals surface area (Å²) in [5, 5.41) is 2.61. The minimum Gasteiger partial charge on any atom is -0.371 e. The molecule has 1 aliphatic heterocycles. The number of carbonyl (C=O) groups is 1. The van der Waals surface area contributed by atoms with Gasteiger partial charge in [-0.2, -0.15) is 0 Å². The Balaban J connectivity index is 2.02. The molecular weight excluding hydrogens is 118 g/mol. The van der Waals surface area contributed by atoms with Gasteiger partial charge in [0.15, 0.2) is 0 Å². The summed E-state index contributed by atoms with van der Waals surface area (Å²) >= 11 is 0. The molecule has 0 aromatic rings. The van der Waals surface area contributed by atoms with E-state index in [9.17, 15) is 4.79 Å². The second-order valence-electron chi connectivity index (χ2n) is 1.90. The molecule has 0 bridgehead atoms. The molecule has 1 heterocycles. The lowest BCUT2D eigenvalue weighted by molar-refractivity contribution is -0.116. The van der Waals surface area contributed by atoms with Crippen molar-refractivity contribution in [3.05, 3.63) is 12.7 Å². The van der Waals surface area contributed by atoms with Crippen molar-refractivity contribution < 1.29 is 9.53 Å². The summed E-state index contributed by atoms with van der Waals surface area (Å²) < 4.78 is 4.85. The highest BCUT2D eigenvalue weighted by Crippen LogP contribution is 2.05. The van der Waals surface area contributed by atoms with Gasteiger partial charge < -0.3 is 10.1 Å². The fourth-order valence-electron chi connectivity index (χ4n) is 0.472. The van der Waals surface area contributed by atoms with E-state index in [4.69, 9.17) is 4.74 Å². The van der Waals surface area contributed by atoms with Crippen LogP contribution in [0, 0.1) is 0 Å². The van der Waals surface area contributed by atoms with E-state index in [1.165, 1.54) is 6.08 Å². The van der Waals surface area contributed by atoms with E-state index >= 15 is 0 Å². The summed E-state index contributed by atoms with van der Waals surface area (Å²) in [5.41, 5.74) is 0. The average molecular weight is 127 g/mol. The molecule has 1 fully saturated rings. The molecule has 9 heavy (non-hydrogen) atoms. The second-order valence-corrected chi connectivity index (χ2v) is 1.90. The molecule has 0 aliphatic carbocycles. The normalized spacial score (nSPS) is 22.9. The van der Waals surface area contributed by atoms with E-state index in [2.05, 4.69) is 11.9 Å². The Labute approximate surface area is 53.7 Å². The van der Waals surface area contributed by atoms with Crippen LogP contribution in [-0.4, -0.2) is 25.2 Å². The minimum atomic E-state index is -0.134. The SMILES string of the molecule is C=CC(=O)NCC1CO1. The first-order valence-electron chi connectivity index (χ1n) is 2.85. The molecule has 0 saturated carbocycles. The van der Waals surface area contributed by atoms with Gasteiger partial charge in [0.1, 0.15) is 0 Å². The molecule has 1 amide bonds. The molecule has 1 unspecified atom stereocenters. The number of hydrogen-bond acceptors (Lipinski definition) is 2. The lowest BCUT2D eigenvalue weighted by Gasteiger charge is -1.94. The molecule has 0 aromatic heterocycles. The molecule has 1 N–H and O–H groups in total. The van der Waals surface area contributed by atoms with Gasteiger partial charge in [0.2, 0.25) is 5.91 Å². The monoisotopic (exact) mass is 127 g/mol. The van der Waals surface area contributed by atoms with E-state index < -0.39 is 0 Å². The third-order valence-electron chi connectivity index (χ3n) is 1.09.